The Morgan fingerprint density at radius 1 is 1.10 bits per heavy atom. The summed E-state index contributed by atoms with van der Waals surface area (Å²) < 4.78 is 5.54. The minimum absolute atomic E-state index is 0.649. The van der Waals surface area contributed by atoms with E-state index in [2.05, 4.69) is 6.58 Å². The van der Waals surface area contributed by atoms with Crippen LogP contribution in [-0.4, -0.2) is 16.2 Å². The molecule has 0 spiro atoms. The number of carbonyl (C=O) groups is 1. The van der Waals surface area contributed by atoms with E-state index in [0.29, 0.717) is 5.75 Å². The first-order chi connectivity index (χ1) is 9.95. The summed E-state index contributed by atoms with van der Waals surface area (Å²) >= 11 is 0. The lowest BCUT2D eigenvalue weighted by Crippen LogP contribution is -2.28. The lowest BCUT2D eigenvalue weighted by molar-refractivity contribution is -0.131. The van der Waals surface area contributed by atoms with E-state index >= 15 is 0 Å². The van der Waals surface area contributed by atoms with Crippen LogP contribution in [0, 0.1) is 0 Å². The summed E-state index contributed by atoms with van der Waals surface area (Å²) in [6.07, 6.45) is 0.833. The van der Waals surface area contributed by atoms with E-state index in [1.807, 2.05) is 60.7 Å². The predicted octanol–water partition coefficient (Wildman–Crippen LogP) is 3.19. The molecular formula is C17H18O4. The van der Waals surface area contributed by atoms with Crippen LogP contribution in [0.4, 0.5) is 0 Å². The Hall–Kier alpha value is -2.59. The zero-order valence-electron chi connectivity index (χ0n) is 11.8. The van der Waals surface area contributed by atoms with Crippen molar-refractivity contribution >= 4 is 5.97 Å². The number of benzene rings is 2. The molecule has 0 aliphatic carbocycles. The van der Waals surface area contributed by atoms with Crippen LogP contribution in [0.2, 0.25) is 0 Å². The molecule has 4 heteroatoms. The molecular weight excluding hydrogens is 268 g/mol. The summed E-state index contributed by atoms with van der Waals surface area (Å²) in [7, 11) is 0. The third-order valence-electron chi connectivity index (χ3n) is 2.54. The molecule has 0 bridgehead atoms. The smallest absolute Gasteiger partial charge is 0.327 e. The summed E-state index contributed by atoms with van der Waals surface area (Å²) in [4.78, 5) is 9.25. The minimum atomic E-state index is -1.30. The van der Waals surface area contributed by atoms with Crippen molar-refractivity contribution in [2.75, 3.05) is 0 Å². The molecule has 0 saturated heterocycles. The van der Waals surface area contributed by atoms with Gasteiger partial charge in [0.25, 0.3) is 0 Å². The van der Waals surface area contributed by atoms with Crippen LogP contribution in [0.25, 0.3) is 0 Å². The zero-order chi connectivity index (χ0) is 15.7. The van der Waals surface area contributed by atoms with E-state index in [1.165, 1.54) is 0 Å². The highest BCUT2D eigenvalue weighted by molar-refractivity contribution is 5.78. The Balaban J connectivity index is 0.000000383. The Morgan fingerprint density at radius 3 is 1.95 bits per heavy atom. The maximum Gasteiger partial charge on any atom is 0.327 e. The van der Waals surface area contributed by atoms with E-state index in [9.17, 15) is 9.90 Å². The fraction of sp³-hybridized carbons (Fsp3) is 0.118. The number of rotatable bonds is 4. The molecule has 0 aliphatic rings. The van der Waals surface area contributed by atoms with Gasteiger partial charge in [0.2, 0.25) is 5.79 Å². The number of carboxylic acids is 1. The lowest BCUT2D eigenvalue weighted by atomic mass is 10.1. The van der Waals surface area contributed by atoms with E-state index in [1.54, 1.807) is 6.92 Å². The van der Waals surface area contributed by atoms with Crippen LogP contribution in [-0.2, 0) is 10.6 Å². The topological polar surface area (TPSA) is 66.8 Å². The summed E-state index contributed by atoms with van der Waals surface area (Å²) in [6.45, 7) is 4.59. The summed E-state index contributed by atoms with van der Waals surface area (Å²) in [5, 5.41) is 17.8. The Morgan fingerprint density at radius 2 is 1.52 bits per heavy atom. The summed E-state index contributed by atoms with van der Waals surface area (Å²) in [5.41, 5.74) is 0.735. The van der Waals surface area contributed by atoms with Gasteiger partial charge in [0.1, 0.15) is 5.75 Å². The number of ether oxygens (including phenoxy) is 1. The molecule has 0 heterocycles. The Bertz CT molecular complexity index is 562. The fourth-order valence-electron chi connectivity index (χ4n) is 1.52. The lowest BCUT2D eigenvalue weighted by Gasteiger charge is -2.25. The largest absolute Gasteiger partial charge is 0.478 e. The van der Waals surface area contributed by atoms with Gasteiger partial charge in [-0.15, -0.1) is 0 Å². The molecule has 4 nitrogen and oxygen atoms in total. The molecule has 0 saturated carbocycles. The van der Waals surface area contributed by atoms with Gasteiger partial charge in [-0.05, 0) is 12.1 Å². The predicted molar refractivity (Wildman–Crippen MR) is 80.9 cm³/mol. The number of aliphatic hydroxyl groups is 1. The van der Waals surface area contributed by atoms with Crippen molar-refractivity contribution in [2.24, 2.45) is 0 Å². The standard InChI is InChI=1S/C14H14O2.C3H4O2/c1-14(15,12-8-4-2-5-9-12)16-13-10-6-3-7-11-13;1-2-3(4)5/h2-11,15H,1H3;2H,1H2,(H,4,5). The summed E-state index contributed by atoms with van der Waals surface area (Å²) in [6, 6.07) is 18.6. The van der Waals surface area contributed by atoms with Gasteiger partial charge in [-0.2, -0.15) is 0 Å². The van der Waals surface area contributed by atoms with Crippen molar-refractivity contribution in [2.45, 2.75) is 12.7 Å². The highest BCUT2D eigenvalue weighted by atomic mass is 16.6. The van der Waals surface area contributed by atoms with E-state index in [0.717, 1.165) is 11.6 Å². The van der Waals surface area contributed by atoms with Gasteiger partial charge in [-0.1, -0.05) is 55.1 Å². The second-order valence-electron chi connectivity index (χ2n) is 4.31. The Kier molecular flexibility index (Phi) is 6.17. The molecule has 2 rings (SSSR count). The number of aliphatic carboxylic acids is 1. The molecule has 2 N–H and O–H groups in total. The second-order valence-corrected chi connectivity index (χ2v) is 4.31. The van der Waals surface area contributed by atoms with E-state index < -0.39 is 11.8 Å². The van der Waals surface area contributed by atoms with Crippen LogP contribution in [0.5, 0.6) is 5.75 Å². The van der Waals surface area contributed by atoms with Crippen LogP contribution >= 0.6 is 0 Å². The molecule has 0 aromatic heterocycles. The number of carboxylic acid groups (broad SMARTS) is 1. The normalized spacial score (nSPS) is 12.3. The molecule has 2 aromatic carbocycles. The molecule has 110 valence electrons. The third kappa shape index (κ3) is 5.93. The summed E-state index contributed by atoms with van der Waals surface area (Å²) in [5.74, 6) is -1.64. The first-order valence-corrected chi connectivity index (χ1v) is 6.33. The van der Waals surface area contributed by atoms with Crippen molar-refractivity contribution in [3.05, 3.63) is 78.9 Å². The number of hydrogen-bond acceptors (Lipinski definition) is 3. The van der Waals surface area contributed by atoms with Crippen molar-refractivity contribution < 1.29 is 19.7 Å². The van der Waals surface area contributed by atoms with Crippen molar-refractivity contribution in [3.8, 4) is 5.75 Å². The van der Waals surface area contributed by atoms with Crippen molar-refractivity contribution in [1.82, 2.24) is 0 Å². The first kappa shape index (κ1) is 16.5. The molecule has 1 unspecified atom stereocenters. The molecule has 2 aromatic rings. The zero-order valence-corrected chi connectivity index (χ0v) is 11.8. The molecule has 1 atom stereocenters. The number of para-hydroxylation sites is 1. The fourth-order valence-corrected chi connectivity index (χ4v) is 1.52. The third-order valence-corrected chi connectivity index (χ3v) is 2.54. The average molecular weight is 286 g/mol. The van der Waals surface area contributed by atoms with Gasteiger partial charge in [0.15, 0.2) is 0 Å². The SMILES string of the molecule is C=CC(=O)O.CC(O)(Oc1ccccc1)c1ccccc1. The quantitative estimate of drug-likeness (QED) is 0.669. The molecule has 21 heavy (non-hydrogen) atoms. The maximum absolute atomic E-state index is 10.2. The van der Waals surface area contributed by atoms with Crippen LogP contribution in [0.1, 0.15) is 12.5 Å². The molecule has 0 fully saturated rings. The minimum Gasteiger partial charge on any atom is -0.478 e. The van der Waals surface area contributed by atoms with Gasteiger partial charge in [-0.3, -0.25) is 0 Å². The first-order valence-electron chi connectivity index (χ1n) is 6.33. The average Bonchev–Trinajstić information content (AvgIpc) is 2.49. The van der Waals surface area contributed by atoms with Crippen molar-refractivity contribution in [1.29, 1.82) is 0 Å². The van der Waals surface area contributed by atoms with Gasteiger partial charge < -0.3 is 14.9 Å². The van der Waals surface area contributed by atoms with Crippen molar-refractivity contribution in [3.63, 3.8) is 0 Å². The number of hydrogen-bond donors (Lipinski definition) is 2. The van der Waals surface area contributed by atoms with Gasteiger partial charge in [-0.25, -0.2) is 4.79 Å². The van der Waals surface area contributed by atoms with E-state index in [-0.39, 0.29) is 0 Å². The Labute approximate surface area is 123 Å². The van der Waals surface area contributed by atoms with Gasteiger partial charge in [0, 0.05) is 18.6 Å². The van der Waals surface area contributed by atoms with Crippen LogP contribution < -0.4 is 4.74 Å². The van der Waals surface area contributed by atoms with Gasteiger partial charge in [0.05, 0.1) is 0 Å². The molecule has 0 aliphatic heterocycles. The maximum atomic E-state index is 10.2. The highest BCUT2D eigenvalue weighted by Crippen LogP contribution is 2.24. The van der Waals surface area contributed by atoms with Gasteiger partial charge >= 0.3 is 5.97 Å². The van der Waals surface area contributed by atoms with Crippen LogP contribution in [0.3, 0.4) is 0 Å². The molecule has 0 radical (unpaired) electrons. The second kappa shape index (κ2) is 7.87. The van der Waals surface area contributed by atoms with Crippen LogP contribution in [0.15, 0.2) is 73.3 Å². The highest BCUT2D eigenvalue weighted by Gasteiger charge is 2.24. The monoisotopic (exact) mass is 286 g/mol. The molecule has 0 amide bonds. The van der Waals surface area contributed by atoms with E-state index in [4.69, 9.17) is 9.84 Å².